The summed E-state index contributed by atoms with van der Waals surface area (Å²) in [5.41, 5.74) is -0.808. The van der Waals surface area contributed by atoms with Crippen molar-refractivity contribution in [2.24, 2.45) is 0 Å². The van der Waals surface area contributed by atoms with Gasteiger partial charge in [-0.15, -0.1) is 6.42 Å². The molecule has 11 heavy (non-hydrogen) atoms. The summed E-state index contributed by atoms with van der Waals surface area (Å²) < 4.78 is 5.01. The van der Waals surface area contributed by atoms with Gasteiger partial charge in [-0.25, -0.2) is 4.79 Å². The van der Waals surface area contributed by atoms with Gasteiger partial charge in [-0.1, -0.05) is 5.92 Å². The molecule has 0 heterocycles. The van der Waals surface area contributed by atoms with E-state index in [1.807, 2.05) is 0 Å². The molecule has 1 unspecified atom stereocenters. The van der Waals surface area contributed by atoms with Gasteiger partial charge in [0.2, 0.25) is 0 Å². The topological polar surface area (TPSA) is 46.5 Å². The largest absolute Gasteiger partial charge is 0.479 e. The third-order valence-electron chi connectivity index (χ3n) is 1.17. The monoisotopic (exact) mass is 156 g/mol. The highest BCUT2D eigenvalue weighted by molar-refractivity contribution is 5.71. The smallest absolute Gasteiger partial charge is 0.332 e. The Morgan fingerprint density at radius 3 is 2.45 bits per heavy atom. The summed E-state index contributed by atoms with van der Waals surface area (Å²) in [5.74, 6) is 1.34. The Labute approximate surface area is 66.4 Å². The van der Waals surface area contributed by atoms with Crippen LogP contribution in [0.25, 0.3) is 0 Å². The van der Waals surface area contributed by atoms with Crippen LogP contribution in [0.3, 0.4) is 0 Å². The molecule has 0 fully saturated rings. The summed E-state index contributed by atoms with van der Waals surface area (Å²) in [6, 6.07) is 0. The number of aliphatic carboxylic acids is 1. The van der Waals surface area contributed by atoms with Crippen LogP contribution < -0.4 is 0 Å². The molecule has 0 aromatic rings. The average molecular weight is 156 g/mol. The lowest BCUT2D eigenvalue weighted by Crippen LogP contribution is -2.32. The number of rotatable bonds is 3. The lowest BCUT2D eigenvalue weighted by molar-refractivity contribution is -0.155. The number of ether oxygens (including phenoxy) is 1. The van der Waals surface area contributed by atoms with Crippen LogP contribution in [0, 0.1) is 12.3 Å². The van der Waals surface area contributed by atoms with Gasteiger partial charge in [0.1, 0.15) is 5.60 Å². The molecule has 0 aliphatic rings. The van der Waals surface area contributed by atoms with E-state index in [1.165, 1.54) is 6.92 Å². The summed E-state index contributed by atoms with van der Waals surface area (Å²) in [6.45, 7) is 4.74. The molecule has 0 spiro atoms. The Hall–Kier alpha value is -1.01. The molecule has 1 N–H and O–H groups in total. The van der Waals surface area contributed by atoms with E-state index in [0.29, 0.717) is 0 Å². The van der Waals surface area contributed by atoms with E-state index in [2.05, 4.69) is 5.92 Å². The molecule has 0 aromatic heterocycles. The van der Waals surface area contributed by atoms with Crippen molar-refractivity contribution in [1.82, 2.24) is 0 Å². The maximum Gasteiger partial charge on any atom is 0.332 e. The van der Waals surface area contributed by atoms with Crippen LogP contribution in [0.2, 0.25) is 0 Å². The molecule has 0 bridgehead atoms. The van der Waals surface area contributed by atoms with Crippen molar-refractivity contribution in [3.63, 3.8) is 0 Å². The first-order valence-electron chi connectivity index (χ1n) is 3.27. The average Bonchev–Trinajstić information content (AvgIpc) is 1.87. The Balaban J connectivity index is 4.07. The molecule has 0 saturated heterocycles. The van der Waals surface area contributed by atoms with E-state index in [0.717, 1.165) is 0 Å². The van der Waals surface area contributed by atoms with Crippen LogP contribution in [0.5, 0.6) is 0 Å². The maximum absolute atomic E-state index is 10.3. The van der Waals surface area contributed by atoms with Crippen LogP contribution in [0.4, 0.5) is 0 Å². The van der Waals surface area contributed by atoms with E-state index >= 15 is 0 Å². The molecule has 0 aliphatic heterocycles. The van der Waals surface area contributed by atoms with Crippen LogP contribution >= 0.6 is 0 Å². The molecule has 0 aliphatic carbocycles. The summed E-state index contributed by atoms with van der Waals surface area (Å²) in [6.07, 6.45) is 4.23. The molecule has 0 radical (unpaired) electrons. The van der Waals surface area contributed by atoms with Gasteiger partial charge in [0.05, 0.1) is 0 Å². The van der Waals surface area contributed by atoms with Crippen LogP contribution in [0.15, 0.2) is 0 Å². The van der Waals surface area contributed by atoms with Gasteiger partial charge in [0.25, 0.3) is 0 Å². The minimum Gasteiger partial charge on any atom is -0.479 e. The van der Waals surface area contributed by atoms with Gasteiger partial charge in [-0.05, 0) is 20.8 Å². The fourth-order valence-electron chi connectivity index (χ4n) is 0.526. The summed E-state index contributed by atoms with van der Waals surface area (Å²) in [4.78, 5) is 10.3. The normalized spacial score (nSPS) is 13.6. The van der Waals surface area contributed by atoms with Crippen molar-refractivity contribution in [2.45, 2.75) is 32.5 Å². The third kappa shape index (κ3) is 3.64. The second-order valence-electron chi connectivity index (χ2n) is 2.75. The van der Waals surface area contributed by atoms with Gasteiger partial charge >= 0.3 is 5.97 Å². The Morgan fingerprint density at radius 2 is 2.18 bits per heavy atom. The second-order valence-corrected chi connectivity index (χ2v) is 2.75. The van der Waals surface area contributed by atoms with E-state index in [-0.39, 0.29) is 0 Å². The quantitative estimate of drug-likeness (QED) is 0.617. The molecule has 62 valence electrons. The van der Waals surface area contributed by atoms with E-state index in [4.69, 9.17) is 16.3 Å². The van der Waals surface area contributed by atoms with Gasteiger partial charge in [-0.2, -0.15) is 0 Å². The summed E-state index contributed by atoms with van der Waals surface area (Å²) in [5, 5.41) is 8.45. The molecule has 0 rings (SSSR count). The van der Waals surface area contributed by atoms with E-state index < -0.39 is 17.7 Å². The predicted octanol–water partition coefficient (Wildman–Crippen LogP) is 0.888. The second kappa shape index (κ2) is 3.40. The Bertz CT molecular complexity index is 188. The van der Waals surface area contributed by atoms with Crippen molar-refractivity contribution in [2.75, 3.05) is 0 Å². The van der Waals surface area contributed by atoms with Crippen molar-refractivity contribution >= 4 is 5.97 Å². The molecular formula is C8H12O3. The molecule has 1 atom stereocenters. The zero-order valence-corrected chi connectivity index (χ0v) is 6.92. The van der Waals surface area contributed by atoms with E-state index in [1.54, 1.807) is 13.8 Å². The number of carboxylic acid groups (broad SMARTS) is 1. The zero-order valence-electron chi connectivity index (χ0n) is 6.92. The number of hydrogen-bond acceptors (Lipinski definition) is 2. The van der Waals surface area contributed by atoms with Gasteiger partial charge in [0.15, 0.2) is 6.10 Å². The predicted molar refractivity (Wildman–Crippen MR) is 41.1 cm³/mol. The minimum absolute atomic E-state index is 0.808. The first-order chi connectivity index (χ1) is 4.89. The number of carbonyl (C=O) groups is 1. The first kappa shape index (κ1) is 9.99. The SMILES string of the molecule is C#CC(C)(C)OC(C)C(=O)O. The van der Waals surface area contributed by atoms with Crippen molar-refractivity contribution in [1.29, 1.82) is 0 Å². The fourth-order valence-corrected chi connectivity index (χ4v) is 0.526. The lowest BCUT2D eigenvalue weighted by Gasteiger charge is -2.21. The zero-order chi connectivity index (χ0) is 9.07. The van der Waals surface area contributed by atoms with Gasteiger partial charge < -0.3 is 9.84 Å². The molecule has 3 heteroatoms. The van der Waals surface area contributed by atoms with E-state index in [9.17, 15) is 4.79 Å². The Morgan fingerprint density at radius 1 is 1.73 bits per heavy atom. The van der Waals surface area contributed by atoms with Crippen LogP contribution in [-0.2, 0) is 9.53 Å². The highest BCUT2D eigenvalue weighted by Crippen LogP contribution is 2.10. The number of terminal acetylenes is 1. The summed E-state index contributed by atoms with van der Waals surface area (Å²) >= 11 is 0. The van der Waals surface area contributed by atoms with Crippen LogP contribution in [0.1, 0.15) is 20.8 Å². The molecule has 3 nitrogen and oxygen atoms in total. The fraction of sp³-hybridized carbons (Fsp3) is 0.625. The third-order valence-corrected chi connectivity index (χ3v) is 1.17. The Kier molecular flexibility index (Phi) is 3.09. The van der Waals surface area contributed by atoms with Crippen molar-refractivity contribution < 1.29 is 14.6 Å². The summed E-state index contributed by atoms with van der Waals surface area (Å²) in [7, 11) is 0. The number of hydrogen-bond donors (Lipinski definition) is 1. The first-order valence-corrected chi connectivity index (χ1v) is 3.27. The molecule has 0 aromatic carbocycles. The van der Waals surface area contributed by atoms with Gasteiger partial charge in [0, 0.05) is 0 Å². The minimum atomic E-state index is -1.01. The van der Waals surface area contributed by atoms with Crippen molar-refractivity contribution in [3.8, 4) is 12.3 Å². The molecular weight excluding hydrogens is 144 g/mol. The van der Waals surface area contributed by atoms with Crippen molar-refractivity contribution in [3.05, 3.63) is 0 Å². The molecule has 0 saturated carbocycles. The van der Waals surface area contributed by atoms with Gasteiger partial charge in [-0.3, -0.25) is 0 Å². The molecule has 0 amide bonds. The standard InChI is InChI=1S/C8H12O3/c1-5-8(3,4)11-6(2)7(9)10/h1,6H,2-4H3,(H,9,10). The maximum atomic E-state index is 10.3. The highest BCUT2D eigenvalue weighted by atomic mass is 16.5. The lowest BCUT2D eigenvalue weighted by atomic mass is 10.1. The van der Waals surface area contributed by atoms with Crippen LogP contribution in [-0.4, -0.2) is 22.8 Å². The number of carboxylic acids is 1. The highest BCUT2D eigenvalue weighted by Gasteiger charge is 2.22.